The molecule has 0 fully saturated rings. The van der Waals surface area contributed by atoms with Crippen molar-refractivity contribution in [2.45, 2.75) is 77.2 Å². The number of hydrogen-bond donors (Lipinski definition) is 1. The highest BCUT2D eigenvalue weighted by Gasteiger charge is 2.33. The second kappa shape index (κ2) is 13.6. The number of ether oxygens (including phenoxy) is 2. The number of benzene rings is 2. The Kier molecular flexibility index (Phi) is 9.77. The molecule has 3 heterocycles. The van der Waals surface area contributed by atoms with Gasteiger partial charge in [-0.3, -0.25) is 9.78 Å². The van der Waals surface area contributed by atoms with E-state index in [2.05, 4.69) is 71.7 Å². The van der Waals surface area contributed by atoms with Crippen molar-refractivity contribution in [3.05, 3.63) is 102 Å². The SMILES string of the molecule is CCOc1cccc(-c2ccc(Cn3c(CC(C)(C)C(=O)O)c(SC(C)(C)C)c4cc(O[C@H](C)c5ccccn5)ccc43)cc2)n1. The van der Waals surface area contributed by atoms with E-state index >= 15 is 0 Å². The maximum Gasteiger partial charge on any atom is 0.309 e. The summed E-state index contributed by atoms with van der Waals surface area (Å²) >= 11 is 1.77. The molecule has 5 rings (SSSR count). The Bertz CT molecular complexity index is 1810. The molecule has 2 aromatic carbocycles. The van der Waals surface area contributed by atoms with Gasteiger partial charge in [0.15, 0.2) is 0 Å². The highest BCUT2D eigenvalue weighted by Crippen LogP contribution is 2.44. The van der Waals surface area contributed by atoms with Crippen molar-refractivity contribution in [3.63, 3.8) is 0 Å². The topological polar surface area (TPSA) is 86.5 Å². The molecule has 0 saturated carbocycles. The molecule has 7 nitrogen and oxygen atoms in total. The summed E-state index contributed by atoms with van der Waals surface area (Å²) in [5, 5.41) is 11.2. The Labute approximate surface area is 276 Å². The molecule has 5 aromatic rings. The standard InChI is InChI=1S/C38H43N3O4S/c1-8-44-34-14-11-13-31(40-34)27-17-15-26(16-18-27)24-41-32-20-19-28(45-25(2)30-12-9-10-21-39-30)22-29(32)35(46-37(3,4)5)33(41)23-38(6,7)36(42)43/h9-22,25H,8,23-24H2,1-7H3,(H,42,43)/t25-/m1/s1. The second-order valence-electron chi connectivity index (χ2n) is 13.1. The lowest BCUT2D eigenvalue weighted by molar-refractivity contribution is -0.146. The van der Waals surface area contributed by atoms with Crippen LogP contribution >= 0.6 is 11.8 Å². The van der Waals surface area contributed by atoms with Gasteiger partial charge in [0.25, 0.3) is 0 Å². The van der Waals surface area contributed by atoms with Crippen LogP contribution in [-0.2, 0) is 17.8 Å². The highest BCUT2D eigenvalue weighted by atomic mass is 32.2. The number of rotatable bonds is 12. The van der Waals surface area contributed by atoms with Gasteiger partial charge in [0.2, 0.25) is 5.88 Å². The summed E-state index contributed by atoms with van der Waals surface area (Å²) in [5.74, 6) is 0.527. The van der Waals surface area contributed by atoms with Crippen molar-refractivity contribution in [3.8, 4) is 22.9 Å². The zero-order valence-electron chi connectivity index (χ0n) is 27.7. The van der Waals surface area contributed by atoms with Crippen molar-refractivity contribution in [1.82, 2.24) is 14.5 Å². The number of pyridine rings is 2. The van der Waals surface area contributed by atoms with Crippen molar-refractivity contribution in [2.24, 2.45) is 5.41 Å². The molecule has 3 aromatic heterocycles. The van der Waals surface area contributed by atoms with Crippen LogP contribution in [0.2, 0.25) is 0 Å². The first-order chi connectivity index (χ1) is 21.8. The van der Waals surface area contributed by atoms with Gasteiger partial charge in [-0.05, 0) is 69.7 Å². The van der Waals surface area contributed by atoms with Gasteiger partial charge in [-0.25, -0.2) is 4.98 Å². The average molecular weight is 638 g/mol. The van der Waals surface area contributed by atoms with Crippen LogP contribution in [0.25, 0.3) is 22.2 Å². The third-order valence-electron chi connectivity index (χ3n) is 7.71. The number of carboxylic acid groups (broad SMARTS) is 1. The number of fused-ring (bicyclic) bond motifs is 1. The van der Waals surface area contributed by atoms with Crippen molar-refractivity contribution in [1.29, 1.82) is 0 Å². The van der Waals surface area contributed by atoms with Gasteiger partial charge in [0.05, 0.1) is 23.4 Å². The largest absolute Gasteiger partial charge is 0.484 e. The first-order valence-corrected chi connectivity index (χ1v) is 16.5. The molecule has 8 heteroatoms. The molecule has 1 atom stereocenters. The quantitative estimate of drug-likeness (QED) is 0.137. The smallest absolute Gasteiger partial charge is 0.309 e. The maximum absolute atomic E-state index is 12.4. The molecular weight excluding hydrogens is 595 g/mol. The lowest BCUT2D eigenvalue weighted by Crippen LogP contribution is -2.28. The molecule has 0 spiro atoms. The van der Waals surface area contributed by atoms with Crippen LogP contribution in [0.3, 0.4) is 0 Å². The molecule has 0 aliphatic heterocycles. The van der Waals surface area contributed by atoms with Crippen LogP contribution in [-0.4, -0.2) is 37.0 Å². The van der Waals surface area contributed by atoms with Crippen molar-refractivity contribution < 1.29 is 19.4 Å². The van der Waals surface area contributed by atoms with E-state index in [4.69, 9.17) is 9.47 Å². The minimum atomic E-state index is -0.965. The average Bonchev–Trinajstić information content (AvgIpc) is 3.27. The zero-order valence-corrected chi connectivity index (χ0v) is 28.5. The van der Waals surface area contributed by atoms with Gasteiger partial charge in [-0.2, -0.15) is 0 Å². The van der Waals surface area contributed by atoms with Gasteiger partial charge in [-0.1, -0.05) is 57.2 Å². The number of nitrogens with zero attached hydrogens (tertiary/aromatic N) is 3. The first kappa shape index (κ1) is 33.1. The van der Waals surface area contributed by atoms with E-state index in [0.717, 1.165) is 49.8 Å². The lowest BCUT2D eigenvalue weighted by atomic mass is 9.88. The fraction of sp³-hybridized carbons (Fsp3) is 0.342. The number of carbonyl (C=O) groups is 1. The van der Waals surface area contributed by atoms with Crippen LogP contribution in [0, 0.1) is 5.41 Å². The van der Waals surface area contributed by atoms with E-state index in [1.54, 1.807) is 31.8 Å². The molecular formula is C38H43N3O4S. The normalized spacial score (nSPS) is 12.7. The fourth-order valence-electron chi connectivity index (χ4n) is 5.35. The summed E-state index contributed by atoms with van der Waals surface area (Å²) in [6.07, 6.45) is 1.92. The minimum absolute atomic E-state index is 0.107. The summed E-state index contributed by atoms with van der Waals surface area (Å²) in [6.45, 7) is 15.2. The molecule has 0 saturated heterocycles. The molecule has 0 aliphatic rings. The van der Waals surface area contributed by atoms with Crippen molar-refractivity contribution in [2.75, 3.05) is 6.61 Å². The van der Waals surface area contributed by atoms with Gasteiger partial charge >= 0.3 is 5.97 Å². The Hall–Kier alpha value is -4.30. The Morgan fingerprint density at radius 1 is 0.978 bits per heavy atom. The predicted octanol–water partition coefficient (Wildman–Crippen LogP) is 9.23. The van der Waals surface area contributed by atoms with Gasteiger partial charge < -0.3 is 19.1 Å². The monoisotopic (exact) mass is 637 g/mol. The Morgan fingerprint density at radius 2 is 1.74 bits per heavy atom. The molecule has 0 bridgehead atoms. The van der Waals surface area contributed by atoms with E-state index in [1.165, 1.54) is 0 Å². The molecule has 0 radical (unpaired) electrons. The third-order valence-corrected chi connectivity index (χ3v) is 8.98. The maximum atomic E-state index is 12.4. The van der Waals surface area contributed by atoms with E-state index in [0.29, 0.717) is 25.5 Å². The van der Waals surface area contributed by atoms with E-state index < -0.39 is 11.4 Å². The molecule has 0 unspecified atom stereocenters. The first-order valence-electron chi connectivity index (χ1n) is 15.7. The third kappa shape index (κ3) is 7.73. The van der Waals surface area contributed by atoms with Gasteiger partial charge in [-0.15, -0.1) is 11.8 Å². The molecule has 1 N–H and O–H groups in total. The molecule has 0 amide bonds. The van der Waals surface area contributed by atoms with Gasteiger partial charge in [0.1, 0.15) is 11.9 Å². The van der Waals surface area contributed by atoms with Crippen molar-refractivity contribution >= 4 is 28.6 Å². The number of aliphatic carboxylic acids is 1. The molecule has 0 aliphatic carbocycles. The number of aromatic nitrogens is 3. The van der Waals surface area contributed by atoms with E-state index in [-0.39, 0.29) is 10.9 Å². The number of carboxylic acids is 1. The summed E-state index contributed by atoms with van der Waals surface area (Å²) in [6, 6.07) is 26.2. The van der Waals surface area contributed by atoms with Gasteiger partial charge in [0, 0.05) is 57.0 Å². The van der Waals surface area contributed by atoms with Crippen LogP contribution in [0.4, 0.5) is 0 Å². The zero-order chi connectivity index (χ0) is 33.1. The molecule has 240 valence electrons. The number of thioether (sulfide) groups is 1. The summed E-state index contributed by atoms with van der Waals surface area (Å²) < 4.78 is 14.2. The molecule has 46 heavy (non-hydrogen) atoms. The minimum Gasteiger partial charge on any atom is -0.484 e. The fourth-order valence-corrected chi connectivity index (χ4v) is 6.53. The lowest BCUT2D eigenvalue weighted by Gasteiger charge is -2.24. The summed E-state index contributed by atoms with van der Waals surface area (Å²) in [5.41, 5.74) is 4.90. The van der Waals surface area contributed by atoms with E-state index in [9.17, 15) is 9.90 Å². The Balaban J connectivity index is 1.58. The second-order valence-corrected chi connectivity index (χ2v) is 15.0. The summed E-state index contributed by atoms with van der Waals surface area (Å²) in [7, 11) is 0. The summed E-state index contributed by atoms with van der Waals surface area (Å²) in [4.78, 5) is 22.6. The van der Waals surface area contributed by atoms with E-state index in [1.807, 2.05) is 56.3 Å². The van der Waals surface area contributed by atoms with Crippen LogP contribution in [0.15, 0.2) is 90.0 Å². The predicted molar refractivity (Wildman–Crippen MR) is 186 cm³/mol. The Morgan fingerprint density at radius 3 is 2.39 bits per heavy atom. The van der Waals surface area contributed by atoms with Crippen LogP contribution in [0.5, 0.6) is 11.6 Å². The number of hydrogen-bond acceptors (Lipinski definition) is 6. The van der Waals surface area contributed by atoms with Crippen LogP contribution in [0.1, 0.15) is 71.5 Å². The highest BCUT2D eigenvalue weighted by molar-refractivity contribution is 8.00. The van der Waals surface area contributed by atoms with Crippen LogP contribution < -0.4 is 9.47 Å².